The van der Waals surface area contributed by atoms with Crippen LogP contribution >= 0.6 is 0 Å². The maximum atomic E-state index is 4.36. The van der Waals surface area contributed by atoms with E-state index in [0.717, 1.165) is 18.6 Å². The molecular formula is C17H26N2. The first-order valence-corrected chi connectivity index (χ1v) is 7.36. The number of hydrogen-bond donors (Lipinski definition) is 1. The summed E-state index contributed by atoms with van der Waals surface area (Å²) in [5.41, 5.74) is 2.42. The first-order valence-electron chi connectivity index (χ1n) is 7.36. The predicted molar refractivity (Wildman–Crippen MR) is 84.3 cm³/mol. The van der Waals surface area contributed by atoms with Crippen molar-refractivity contribution >= 4 is 10.9 Å². The highest BCUT2D eigenvalue weighted by molar-refractivity contribution is 5.81. The van der Waals surface area contributed by atoms with E-state index in [4.69, 9.17) is 0 Å². The number of benzene rings is 1. The van der Waals surface area contributed by atoms with E-state index >= 15 is 0 Å². The Bertz CT molecular complexity index is 460. The smallest absolute Gasteiger partial charge is 0.0705 e. The van der Waals surface area contributed by atoms with Crippen LogP contribution in [0.3, 0.4) is 0 Å². The second-order valence-electron chi connectivity index (χ2n) is 4.72. The van der Waals surface area contributed by atoms with Gasteiger partial charge in [-0.15, -0.1) is 0 Å². The van der Waals surface area contributed by atoms with E-state index in [1.807, 2.05) is 12.3 Å². The minimum atomic E-state index is 0.934. The summed E-state index contributed by atoms with van der Waals surface area (Å²) in [5, 5.41) is 4.73. The Labute approximate surface area is 117 Å². The van der Waals surface area contributed by atoms with Crippen molar-refractivity contribution in [2.24, 2.45) is 0 Å². The van der Waals surface area contributed by atoms with E-state index in [9.17, 15) is 0 Å². The van der Waals surface area contributed by atoms with Crippen LogP contribution in [-0.2, 0) is 6.54 Å². The lowest BCUT2D eigenvalue weighted by atomic mass is 10.1. The first kappa shape index (κ1) is 15.6. The third-order valence-electron chi connectivity index (χ3n) is 2.76. The summed E-state index contributed by atoms with van der Waals surface area (Å²) >= 11 is 0. The summed E-state index contributed by atoms with van der Waals surface area (Å²) in [4.78, 5) is 4.36. The van der Waals surface area contributed by atoms with Gasteiger partial charge in [-0.25, -0.2) is 0 Å². The molecule has 0 saturated heterocycles. The average molecular weight is 258 g/mol. The molecule has 0 unspecified atom stereocenters. The average Bonchev–Trinajstić information content (AvgIpc) is 2.45. The van der Waals surface area contributed by atoms with E-state index in [2.05, 4.69) is 55.3 Å². The monoisotopic (exact) mass is 258 g/mol. The molecule has 0 spiro atoms. The van der Waals surface area contributed by atoms with Crippen LogP contribution in [0, 0.1) is 0 Å². The zero-order chi connectivity index (χ0) is 13.9. The number of para-hydroxylation sites is 1. The molecule has 1 aromatic carbocycles. The third-order valence-corrected chi connectivity index (χ3v) is 2.76. The van der Waals surface area contributed by atoms with Gasteiger partial charge in [-0.3, -0.25) is 4.98 Å². The van der Waals surface area contributed by atoms with Crippen molar-refractivity contribution in [2.45, 2.75) is 46.6 Å². The highest BCUT2D eigenvalue weighted by Gasteiger charge is 1.99. The van der Waals surface area contributed by atoms with Gasteiger partial charge in [-0.05, 0) is 30.7 Å². The lowest BCUT2D eigenvalue weighted by Crippen LogP contribution is -2.14. The van der Waals surface area contributed by atoms with E-state index in [1.165, 1.54) is 30.2 Å². The van der Waals surface area contributed by atoms with E-state index in [0.29, 0.717) is 0 Å². The maximum Gasteiger partial charge on any atom is 0.0705 e. The lowest BCUT2D eigenvalue weighted by Gasteiger charge is -2.07. The fraction of sp³-hybridized carbons (Fsp3) is 0.471. The molecule has 0 radical (unpaired) electrons. The molecule has 0 aliphatic carbocycles. The summed E-state index contributed by atoms with van der Waals surface area (Å²) in [6.45, 7) is 8.49. The van der Waals surface area contributed by atoms with Gasteiger partial charge in [0, 0.05) is 18.1 Å². The van der Waals surface area contributed by atoms with Gasteiger partial charge in [-0.1, -0.05) is 51.8 Å². The van der Waals surface area contributed by atoms with Gasteiger partial charge in [0.1, 0.15) is 0 Å². The molecule has 0 saturated carbocycles. The van der Waals surface area contributed by atoms with Gasteiger partial charge in [-0.2, -0.15) is 0 Å². The Morgan fingerprint density at radius 2 is 1.79 bits per heavy atom. The van der Waals surface area contributed by atoms with Crippen LogP contribution in [0.25, 0.3) is 10.9 Å². The topological polar surface area (TPSA) is 24.9 Å². The molecule has 0 fully saturated rings. The molecule has 104 valence electrons. The predicted octanol–water partition coefficient (Wildman–Crippen LogP) is 4.54. The van der Waals surface area contributed by atoms with Crippen LogP contribution in [-0.4, -0.2) is 11.5 Å². The molecule has 2 heteroatoms. The van der Waals surface area contributed by atoms with Crippen molar-refractivity contribution in [3.63, 3.8) is 0 Å². The summed E-state index contributed by atoms with van der Waals surface area (Å²) in [6, 6.07) is 10.4. The molecule has 2 rings (SSSR count). The molecule has 2 nitrogen and oxygen atoms in total. The van der Waals surface area contributed by atoms with Crippen LogP contribution in [0.5, 0.6) is 0 Å². The van der Waals surface area contributed by atoms with Gasteiger partial charge in [0.15, 0.2) is 0 Å². The molecule has 0 atom stereocenters. The van der Waals surface area contributed by atoms with Crippen molar-refractivity contribution in [2.75, 3.05) is 6.54 Å². The second-order valence-corrected chi connectivity index (χ2v) is 4.72. The van der Waals surface area contributed by atoms with Crippen LogP contribution in [0.1, 0.15) is 45.6 Å². The van der Waals surface area contributed by atoms with Crippen molar-refractivity contribution in [3.8, 4) is 0 Å². The zero-order valence-corrected chi connectivity index (χ0v) is 12.4. The number of unbranched alkanes of at least 4 members (excludes halogenated alkanes) is 1. The molecule has 0 aliphatic heterocycles. The minimum absolute atomic E-state index is 0.934. The van der Waals surface area contributed by atoms with Gasteiger partial charge in [0.2, 0.25) is 0 Å². The van der Waals surface area contributed by atoms with Crippen molar-refractivity contribution < 1.29 is 0 Å². The molecule has 1 aromatic heterocycles. The Kier molecular flexibility index (Phi) is 7.83. The molecule has 1 N–H and O–H groups in total. The molecular weight excluding hydrogens is 232 g/mol. The standard InChI is InChI=1S/C14H18N2.C3H8/c1-2-3-9-15-11-12-8-10-16-14-7-5-4-6-13(12)14;1-3-2/h4-8,10,15H,2-3,9,11H2,1H3;3H2,1-2H3. The quantitative estimate of drug-likeness (QED) is 0.796. The molecule has 19 heavy (non-hydrogen) atoms. The summed E-state index contributed by atoms with van der Waals surface area (Å²) in [5.74, 6) is 0. The lowest BCUT2D eigenvalue weighted by molar-refractivity contribution is 0.643. The molecule has 0 amide bonds. The second kappa shape index (κ2) is 9.51. The molecule has 1 heterocycles. The van der Waals surface area contributed by atoms with Gasteiger partial charge >= 0.3 is 0 Å². The first-order chi connectivity index (χ1) is 9.33. The van der Waals surface area contributed by atoms with Crippen molar-refractivity contribution in [3.05, 3.63) is 42.1 Å². The Hall–Kier alpha value is -1.41. The fourth-order valence-electron chi connectivity index (χ4n) is 1.83. The number of nitrogens with zero attached hydrogens (tertiary/aromatic N) is 1. The molecule has 0 bridgehead atoms. The van der Waals surface area contributed by atoms with E-state index < -0.39 is 0 Å². The number of hydrogen-bond acceptors (Lipinski definition) is 2. The molecule has 2 aromatic rings. The van der Waals surface area contributed by atoms with E-state index in [-0.39, 0.29) is 0 Å². The largest absolute Gasteiger partial charge is 0.313 e. The van der Waals surface area contributed by atoms with Crippen LogP contribution in [0.15, 0.2) is 36.5 Å². The highest BCUT2D eigenvalue weighted by Crippen LogP contribution is 2.15. The van der Waals surface area contributed by atoms with Crippen LogP contribution in [0.2, 0.25) is 0 Å². The summed E-state index contributed by atoms with van der Waals surface area (Å²) in [7, 11) is 0. The summed E-state index contributed by atoms with van der Waals surface area (Å²) in [6.07, 6.45) is 5.62. The maximum absolute atomic E-state index is 4.36. The highest BCUT2D eigenvalue weighted by atomic mass is 14.8. The SMILES string of the molecule is CCC.CCCCNCc1ccnc2ccccc12. The number of aromatic nitrogens is 1. The Morgan fingerprint density at radius 3 is 2.53 bits per heavy atom. The van der Waals surface area contributed by atoms with Crippen molar-refractivity contribution in [1.29, 1.82) is 0 Å². The minimum Gasteiger partial charge on any atom is -0.313 e. The number of fused-ring (bicyclic) bond motifs is 1. The van der Waals surface area contributed by atoms with Crippen LogP contribution in [0.4, 0.5) is 0 Å². The fourth-order valence-corrected chi connectivity index (χ4v) is 1.83. The zero-order valence-electron chi connectivity index (χ0n) is 12.4. The number of pyridine rings is 1. The Balaban J connectivity index is 0.000000550. The Morgan fingerprint density at radius 1 is 1.05 bits per heavy atom. The van der Waals surface area contributed by atoms with Gasteiger partial charge < -0.3 is 5.32 Å². The normalized spacial score (nSPS) is 10.1. The molecule has 0 aliphatic rings. The number of nitrogens with one attached hydrogen (secondary N) is 1. The van der Waals surface area contributed by atoms with E-state index in [1.54, 1.807) is 0 Å². The van der Waals surface area contributed by atoms with Gasteiger partial charge in [0.05, 0.1) is 5.52 Å². The van der Waals surface area contributed by atoms with Gasteiger partial charge in [0.25, 0.3) is 0 Å². The van der Waals surface area contributed by atoms with Crippen molar-refractivity contribution in [1.82, 2.24) is 10.3 Å². The summed E-state index contributed by atoms with van der Waals surface area (Å²) < 4.78 is 0. The third kappa shape index (κ3) is 5.39. The van der Waals surface area contributed by atoms with Crippen LogP contribution < -0.4 is 5.32 Å². The number of rotatable bonds is 5.